The Morgan fingerprint density at radius 1 is 1.25 bits per heavy atom. The fourth-order valence-electron chi connectivity index (χ4n) is 2.55. The standard InChI is InChI=1S/C12H18F4/c1-5-12(16,8-13)9(2)6-7-10(3,14)11(9,4)15/h5H,1,6-8H2,2-4H3. The third kappa shape index (κ3) is 1.34. The van der Waals surface area contributed by atoms with Gasteiger partial charge in [-0.15, -0.1) is 0 Å². The first-order chi connectivity index (χ1) is 7.08. The topological polar surface area (TPSA) is 0 Å². The zero-order valence-corrected chi connectivity index (χ0v) is 9.92. The van der Waals surface area contributed by atoms with Gasteiger partial charge in [0, 0.05) is 5.41 Å². The van der Waals surface area contributed by atoms with Gasteiger partial charge in [0.1, 0.15) is 12.3 Å². The highest BCUT2D eigenvalue weighted by molar-refractivity contribution is 5.22. The van der Waals surface area contributed by atoms with Gasteiger partial charge in [0.15, 0.2) is 11.3 Å². The Bertz CT molecular complexity index is 297. The molecule has 0 aromatic carbocycles. The van der Waals surface area contributed by atoms with Crippen molar-refractivity contribution in [2.75, 3.05) is 6.67 Å². The van der Waals surface area contributed by atoms with E-state index in [-0.39, 0.29) is 12.8 Å². The van der Waals surface area contributed by atoms with Gasteiger partial charge in [-0.2, -0.15) is 0 Å². The molecule has 0 heterocycles. The second-order valence-electron chi connectivity index (χ2n) is 5.23. The van der Waals surface area contributed by atoms with E-state index in [1.54, 1.807) is 0 Å². The first-order valence-corrected chi connectivity index (χ1v) is 5.34. The normalized spacial score (nSPS) is 47.7. The van der Waals surface area contributed by atoms with E-state index in [1.807, 2.05) is 0 Å². The molecule has 0 nitrogen and oxygen atoms in total. The molecule has 1 fully saturated rings. The van der Waals surface area contributed by atoms with Crippen molar-refractivity contribution < 1.29 is 17.6 Å². The van der Waals surface area contributed by atoms with Crippen LogP contribution < -0.4 is 0 Å². The van der Waals surface area contributed by atoms with E-state index >= 15 is 0 Å². The Labute approximate surface area is 93.7 Å². The molecule has 16 heavy (non-hydrogen) atoms. The lowest BCUT2D eigenvalue weighted by Gasteiger charge is -2.45. The van der Waals surface area contributed by atoms with Crippen LogP contribution in [0.15, 0.2) is 12.7 Å². The molecule has 0 saturated heterocycles. The fourth-order valence-corrected chi connectivity index (χ4v) is 2.55. The summed E-state index contributed by atoms with van der Waals surface area (Å²) in [6, 6.07) is 0. The van der Waals surface area contributed by atoms with Crippen molar-refractivity contribution in [1.82, 2.24) is 0 Å². The molecule has 1 rings (SSSR count). The summed E-state index contributed by atoms with van der Waals surface area (Å²) in [6.45, 7) is 5.17. The molecule has 1 saturated carbocycles. The van der Waals surface area contributed by atoms with Crippen LogP contribution in [0.2, 0.25) is 0 Å². The Hall–Kier alpha value is -0.540. The Kier molecular flexibility index (Phi) is 2.94. The van der Waals surface area contributed by atoms with Gasteiger partial charge >= 0.3 is 0 Å². The summed E-state index contributed by atoms with van der Waals surface area (Å²) in [5.41, 5.74) is -8.81. The second kappa shape index (κ2) is 3.47. The Morgan fingerprint density at radius 2 is 1.75 bits per heavy atom. The molecule has 4 heteroatoms. The number of alkyl halides is 4. The molecule has 0 spiro atoms. The maximum atomic E-state index is 14.5. The van der Waals surface area contributed by atoms with Gasteiger partial charge in [-0.3, -0.25) is 0 Å². The zero-order valence-electron chi connectivity index (χ0n) is 9.92. The quantitative estimate of drug-likeness (QED) is 0.513. The van der Waals surface area contributed by atoms with Gasteiger partial charge in [-0.05, 0) is 26.7 Å². The Morgan fingerprint density at radius 3 is 2.00 bits per heavy atom. The maximum absolute atomic E-state index is 14.5. The largest absolute Gasteiger partial charge is 0.247 e. The highest BCUT2D eigenvalue weighted by atomic mass is 19.2. The summed E-state index contributed by atoms with van der Waals surface area (Å²) in [5, 5.41) is 0. The molecular weight excluding hydrogens is 220 g/mol. The van der Waals surface area contributed by atoms with Crippen molar-refractivity contribution in [3.05, 3.63) is 12.7 Å². The molecule has 0 aromatic rings. The van der Waals surface area contributed by atoms with Crippen LogP contribution in [0.4, 0.5) is 17.6 Å². The molecule has 0 aliphatic heterocycles. The van der Waals surface area contributed by atoms with Gasteiger partial charge in [0.25, 0.3) is 0 Å². The maximum Gasteiger partial charge on any atom is 0.165 e. The monoisotopic (exact) mass is 238 g/mol. The lowest BCUT2D eigenvalue weighted by molar-refractivity contribution is -0.115. The first-order valence-electron chi connectivity index (χ1n) is 5.34. The third-order valence-corrected chi connectivity index (χ3v) is 4.54. The predicted octanol–water partition coefficient (Wildman–Crippen LogP) is 4.11. The number of hydrogen-bond acceptors (Lipinski definition) is 0. The van der Waals surface area contributed by atoms with Crippen LogP contribution >= 0.6 is 0 Å². The molecule has 0 bridgehead atoms. The van der Waals surface area contributed by atoms with Crippen molar-refractivity contribution in [2.45, 2.75) is 50.6 Å². The van der Waals surface area contributed by atoms with Gasteiger partial charge in [-0.25, -0.2) is 17.6 Å². The minimum atomic E-state index is -2.53. The van der Waals surface area contributed by atoms with Crippen molar-refractivity contribution >= 4 is 0 Å². The van der Waals surface area contributed by atoms with Crippen LogP contribution in [0.25, 0.3) is 0 Å². The molecule has 0 radical (unpaired) electrons. The van der Waals surface area contributed by atoms with Crippen LogP contribution in [-0.4, -0.2) is 23.7 Å². The van der Waals surface area contributed by atoms with E-state index in [1.165, 1.54) is 6.92 Å². The smallest absolute Gasteiger partial charge is 0.165 e. The average molecular weight is 238 g/mol. The molecule has 1 aliphatic rings. The summed E-state index contributed by atoms with van der Waals surface area (Å²) in [6.07, 6.45) is 0.599. The van der Waals surface area contributed by atoms with Gasteiger partial charge in [0.05, 0.1) is 0 Å². The lowest BCUT2D eigenvalue weighted by Crippen LogP contribution is -2.57. The summed E-state index contributed by atoms with van der Waals surface area (Å²) in [4.78, 5) is 0. The molecule has 0 N–H and O–H groups in total. The van der Waals surface area contributed by atoms with E-state index in [9.17, 15) is 17.6 Å². The first kappa shape index (κ1) is 13.5. The molecule has 94 valence electrons. The zero-order chi connectivity index (χ0) is 12.8. The molecule has 0 amide bonds. The van der Waals surface area contributed by atoms with Crippen molar-refractivity contribution in [3.63, 3.8) is 0 Å². The van der Waals surface area contributed by atoms with Gasteiger partial charge in [0.2, 0.25) is 0 Å². The summed E-state index contributed by atoms with van der Waals surface area (Å²) >= 11 is 0. The lowest BCUT2D eigenvalue weighted by atomic mass is 9.65. The van der Waals surface area contributed by atoms with Crippen molar-refractivity contribution in [2.24, 2.45) is 5.41 Å². The number of rotatable bonds is 3. The van der Waals surface area contributed by atoms with Gasteiger partial charge in [-0.1, -0.05) is 19.6 Å². The van der Waals surface area contributed by atoms with E-state index in [0.717, 1.165) is 19.9 Å². The van der Waals surface area contributed by atoms with Crippen LogP contribution in [0, 0.1) is 5.41 Å². The highest BCUT2D eigenvalue weighted by Gasteiger charge is 2.70. The van der Waals surface area contributed by atoms with Gasteiger partial charge < -0.3 is 0 Å². The number of allylic oxidation sites excluding steroid dienone is 1. The van der Waals surface area contributed by atoms with E-state index in [2.05, 4.69) is 6.58 Å². The van der Waals surface area contributed by atoms with Crippen LogP contribution in [0.1, 0.15) is 33.6 Å². The highest BCUT2D eigenvalue weighted by Crippen LogP contribution is 2.62. The number of halogens is 4. The van der Waals surface area contributed by atoms with E-state index < -0.39 is 29.1 Å². The number of hydrogen-bond donors (Lipinski definition) is 0. The minimum absolute atomic E-state index is 0.0422. The van der Waals surface area contributed by atoms with Crippen LogP contribution in [0.3, 0.4) is 0 Å². The molecule has 0 aromatic heterocycles. The fraction of sp³-hybridized carbons (Fsp3) is 0.833. The minimum Gasteiger partial charge on any atom is -0.247 e. The molecule has 4 unspecified atom stereocenters. The summed E-state index contributed by atoms with van der Waals surface area (Å²) in [5.74, 6) is 0. The van der Waals surface area contributed by atoms with Crippen LogP contribution in [-0.2, 0) is 0 Å². The second-order valence-corrected chi connectivity index (χ2v) is 5.23. The van der Waals surface area contributed by atoms with Crippen molar-refractivity contribution in [1.29, 1.82) is 0 Å². The summed E-state index contributed by atoms with van der Waals surface area (Å²) < 4.78 is 55.5. The SMILES string of the molecule is C=CC(F)(CF)C1(C)CCC(C)(F)C1(C)F. The predicted molar refractivity (Wildman–Crippen MR) is 56.4 cm³/mol. The third-order valence-electron chi connectivity index (χ3n) is 4.54. The Balaban J connectivity index is 3.27. The molecule has 4 atom stereocenters. The summed E-state index contributed by atoms with van der Waals surface area (Å²) in [7, 11) is 0. The van der Waals surface area contributed by atoms with Crippen LogP contribution in [0.5, 0.6) is 0 Å². The molecular formula is C12H18F4. The average Bonchev–Trinajstić information content (AvgIpc) is 2.39. The molecule has 1 aliphatic carbocycles. The van der Waals surface area contributed by atoms with E-state index in [4.69, 9.17) is 0 Å². The van der Waals surface area contributed by atoms with E-state index in [0.29, 0.717) is 0 Å². The van der Waals surface area contributed by atoms with Crippen molar-refractivity contribution in [3.8, 4) is 0 Å².